The van der Waals surface area contributed by atoms with Gasteiger partial charge in [0.05, 0.1) is 0 Å². The number of carbonyl (C=O) groups excluding carboxylic acids is 3. The molecular formula is C27H27FN2O5. The monoisotopic (exact) mass is 478 g/mol. The van der Waals surface area contributed by atoms with Crippen LogP contribution in [-0.2, 0) is 19.1 Å². The standard InChI is InChI=1S/C27H27FN2O5/c1-18-6-13-24(16-19(18)2)35-23-14-11-22(12-15-23)29-25(31)4-3-5-27(33)34-17-26(32)30-21-9-7-20(28)8-10-21/h6-16H,3-5,17H2,1-2H3,(H,29,31)(H,30,32). The SMILES string of the molecule is Cc1ccc(Oc2ccc(NC(=O)CCCC(=O)OCC(=O)Nc3ccc(F)cc3)cc2)cc1C. The molecule has 0 radical (unpaired) electrons. The molecule has 0 atom stereocenters. The van der Waals surface area contributed by atoms with Crippen molar-refractivity contribution in [2.75, 3.05) is 17.2 Å². The minimum absolute atomic E-state index is 0.00000722. The van der Waals surface area contributed by atoms with Crippen LogP contribution in [0.1, 0.15) is 30.4 Å². The molecule has 0 saturated heterocycles. The maximum atomic E-state index is 12.9. The van der Waals surface area contributed by atoms with Crippen LogP contribution in [0.3, 0.4) is 0 Å². The molecule has 0 unspecified atom stereocenters. The number of benzene rings is 3. The van der Waals surface area contributed by atoms with Gasteiger partial charge in [0.1, 0.15) is 17.3 Å². The molecule has 3 aromatic carbocycles. The Kier molecular flexibility index (Phi) is 8.95. The zero-order valence-corrected chi connectivity index (χ0v) is 19.6. The quantitative estimate of drug-likeness (QED) is 0.374. The number of hydrogen-bond donors (Lipinski definition) is 2. The predicted molar refractivity (Wildman–Crippen MR) is 131 cm³/mol. The lowest BCUT2D eigenvalue weighted by atomic mass is 10.1. The average molecular weight is 479 g/mol. The van der Waals surface area contributed by atoms with Gasteiger partial charge in [0.15, 0.2) is 6.61 Å². The molecule has 8 heteroatoms. The molecule has 7 nitrogen and oxygen atoms in total. The van der Waals surface area contributed by atoms with Crippen molar-refractivity contribution in [1.29, 1.82) is 0 Å². The zero-order valence-electron chi connectivity index (χ0n) is 19.6. The van der Waals surface area contributed by atoms with Crippen LogP contribution in [0.15, 0.2) is 66.7 Å². The summed E-state index contributed by atoms with van der Waals surface area (Å²) in [5.41, 5.74) is 3.34. The van der Waals surface area contributed by atoms with Crippen LogP contribution >= 0.6 is 0 Å². The number of anilines is 2. The van der Waals surface area contributed by atoms with Crippen molar-refractivity contribution in [2.45, 2.75) is 33.1 Å². The molecule has 2 N–H and O–H groups in total. The first-order valence-electron chi connectivity index (χ1n) is 11.1. The predicted octanol–water partition coefficient (Wildman–Crippen LogP) is 5.53. The summed E-state index contributed by atoms with van der Waals surface area (Å²) in [5, 5.41) is 5.26. The summed E-state index contributed by atoms with van der Waals surface area (Å²) in [6.45, 7) is 3.60. The van der Waals surface area contributed by atoms with Crippen LogP contribution in [0, 0.1) is 19.7 Å². The third kappa shape index (κ3) is 8.58. The van der Waals surface area contributed by atoms with E-state index in [1.165, 1.54) is 29.8 Å². The van der Waals surface area contributed by atoms with Gasteiger partial charge in [0, 0.05) is 24.2 Å². The van der Waals surface area contributed by atoms with E-state index >= 15 is 0 Å². The normalized spacial score (nSPS) is 10.4. The van der Waals surface area contributed by atoms with Crippen LogP contribution in [0.25, 0.3) is 0 Å². The number of hydrogen-bond acceptors (Lipinski definition) is 5. The summed E-state index contributed by atoms with van der Waals surface area (Å²) in [4.78, 5) is 35.7. The lowest BCUT2D eigenvalue weighted by Gasteiger charge is -2.10. The van der Waals surface area contributed by atoms with Gasteiger partial charge >= 0.3 is 5.97 Å². The van der Waals surface area contributed by atoms with Crippen molar-refractivity contribution in [2.24, 2.45) is 0 Å². The summed E-state index contributed by atoms with van der Waals surface area (Å²) in [6.07, 6.45) is 0.399. The van der Waals surface area contributed by atoms with Crippen molar-refractivity contribution in [3.8, 4) is 11.5 Å². The van der Waals surface area contributed by atoms with E-state index in [2.05, 4.69) is 10.6 Å². The maximum absolute atomic E-state index is 12.9. The highest BCUT2D eigenvalue weighted by molar-refractivity contribution is 5.93. The molecule has 0 heterocycles. The Morgan fingerprint density at radius 3 is 2.00 bits per heavy atom. The van der Waals surface area contributed by atoms with E-state index in [1.807, 2.05) is 32.0 Å². The summed E-state index contributed by atoms with van der Waals surface area (Å²) in [6, 6.07) is 18.1. The van der Waals surface area contributed by atoms with Gasteiger partial charge in [0.2, 0.25) is 5.91 Å². The third-order valence-corrected chi connectivity index (χ3v) is 5.13. The number of halogens is 1. The number of carbonyl (C=O) groups is 3. The third-order valence-electron chi connectivity index (χ3n) is 5.13. The van der Waals surface area contributed by atoms with Crippen molar-refractivity contribution >= 4 is 29.2 Å². The Morgan fingerprint density at radius 1 is 0.743 bits per heavy atom. The molecule has 0 aliphatic heterocycles. The second-order valence-electron chi connectivity index (χ2n) is 7.99. The molecule has 0 saturated carbocycles. The van der Waals surface area contributed by atoms with Gasteiger partial charge in [-0.15, -0.1) is 0 Å². The van der Waals surface area contributed by atoms with Crippen LogP contribution in [0.2, 0.25) is 0 Å². The topological polar surface area (TPSA) is 93.7 Å². The fourth-order valence-electron chi connectivity index (χ4n) is 3.09. The molecule has 0 bridgehead atoms. The Bertz CT molecular complexity index is 1180. The molecule has 2 amide bonds. The van der Waals surface area contributed by atoms with Crippen LogP contribution < -0.4 is 15.4 Å². The number of nitrogens with one attached hydrogen (secondary N) is 2. The minimum atomic E-state index is -0.583. The van der Waals surface area contributed by atoms with Crippen molar-refractivity contribution in [1.82, 2.24) is 0 Å². The van der Waals surface area contributed by atoms with E-state index < -0.39 is 24.3 Å². The van der Waals surface area contributed by atoms with Gasteiger partial charge in [-0.3, -0.25) is 14.4 Å². The first-order valence-corrected chi connectivity index (χ1v) is 11.1. The number of esters is 1. The van der Waals surface area contributed by atoms with E-state index in [9.17, 15) is 18.8 Å². The second-order valence-corrected chi connectivity index (χ2v) is 7.99. The minimum Gasteiger partial charge on any atom is -0.457 e. The Labute approximate surface area is 203 Å². The number of ether oxygens (including phenoxy) is 2. The highest BCUT2D eigenvalue weighted by Crippen LogP contribution is 2.25. The molecular weight excluding hydrogens is 451 g/mol. The lowest BCUT2D eigenvalue weighted by Crippen LogP contribution is -2.21. The number of aryl methyl sites for hydroxylation is 2. The molecule has 0 aromatic heterocycles. The highest BCUT2D eigenvalue weighted by atomic mass is 19.1. The van der Waals surface area contributed by atoms with E-state index in [0.717, 1.165) is 11.3 Å². The van der Waals surface area contributed by atoms with Crippen molar-refractivity contribution in [3.05, 3.63) is 83.7 Å². The van der Waals surface area contributed by atoms with E-state index in [1.54, 1.807) is 24.3 Å². The van der Waals surface area contributed by atoms with Gasteiger partial charge in [-0.2, -0.15) is 0 Å². The lowest BCUT2D eigenvalue weighted by molar-refractivity contribution is -0.147. The fraction of sp³-hybridized carbons (Fsp3) is 0.222. The highest BCUT2D eigenvalue weighted by Gasteiger charge is 2.10. The molecule has 3 aromatic rings. The Balaban J connectivity index is 1.33. The molecule has 0 aliphatic rings. The number of rotatable bonds is 10. The molecule has 35 heavy (non-hydrogen) atoms. The van der Waals surface area contributed by atoms with Crippen LogP contribution in [0.4, 0.5) is 15.8 Å². The van der Waals surface area contributed by atoms with E-state index in [4.69, 9.17) is 9.47 Å². The zero-order chi connectivity index (χ0) is 25.2. The summed E-state index contributed by atoms with van der Waals surface area (Å²) >= 11 is 0. The van der Waals surface area contributed by atoms with Gasteiger partial charge < -0.3 is 20.1 Å². The second kappa shape index (κ2) is 12.3. The summed E-state index contributed by atoms with van der Waals surface area (Å²) in [7, 11) is 0. The van der Waals surface area contributed by atoms with Gasteiger partial charge in [-0.05, 0) is 92.1 Å². The van der Waals surface area contributed by atoms with E-state index in [-0.39, 0.29) is 25.2 Å². The fourth-order valence-corrected chi connectivity index (χ4v) is 3.09. The first kappa shape index (κ1) is 25.4. The summed E-state index contributed by atoms with van der Waals surface area (Å²) < 4.78 is 23.6. The van der Waals surface area contributed by atoms with Crippen LogP contribution in [-0.4, -0.2) is 24.4 Å². The van der Waals surface area contributed by atoms with E-state index in [0.29, 0.717) is 17.1 Å². The Hall–Kier alpha value is -4.20. The molecule has 0 spiro atoms. The largest absolute Gasteiger partial charge is 0.457 e. The smallest absolute Gasteiger partial charge is 0.306 e. The van der Waals surface area contributed by atoms with Gasteiger partial charge in [-0.1, -0.05) is 6.07 Å². The van der Waals surface area contributed by atoms with Crippen LogP contribution in [0.5, 0.6) is 11.5 Å². The van der Waals surface area contributed by atoms with Crippen molar-refractivity contribution < 1.29 is 28.2 Å². The number of amides is 2. The molecule has 0 aliphatic carbocycles. The maximum Gasteiger partial charge on any atom is 0.306 e. The molecule has 3 rings (SSSR count). The first-order chi connectivity index (χ1) is 16.8. The van der Waals surface area contributed by atoms with Gasteiger partial charge in [0.25, 0.3) is 5.91 Å². The Morgan fingerprint density at radius 2 is 1.34 bits per heavy atom. The summed E-state index contributed by atoms with van der Waals surface area (Å²) in [5.74, 6) is -0.387. The van der Waals surface area contributed by atoms with Gasteiger partial charge in [-0.25, -0.2) is 4.39 Å². The molecule has 0 fully saturated rings. The van der Waals surface area contributed by atoms with Crippen molar-refractivity contribution in [3.63, 3.8) is 0 Å². The molecule has 182 valence electrons. The average Bonchev–Trinajstić information content (AvgIpc) is 2.83.